The first-order valence-electron chi connectivity index (χ1n) is 7.57. The van der Waals surface area contributed by atoms with E-state index in [4.69, 9.17) is 9.47 Å². The highest BCUT2D eigenvalue weighted by atomic mass is 16.6. The minimum Gasteiger partial charge on any atom is -0.371 e. The average Bonchev–Trinajstić information content (AvgIpc) is 3.37. The molecule has 2 aromatic carbocycles. The predicted octanol–water partition coefficient (Wildman–Crippen LogP) is 3.95. The Morgan fingerprint density at radius 2 is 2.09 bits per heavy atom. The summed E-state index contributed by atoms with van der Waals surface area (Å²) in [7, 11) is 0. The summed E-state index contributed by atoms with van der Waals surface area (Å²) in [6.45, 7) is 5.47. The molecule has 1 saturated heterocycles. The Morgan fingerprint density at radius 1 is 1.32 bits per heavy atom. The molecule has 0 radical (unpaired) electrons. The van der Waals surface area contributed by atoms with Gasteiger partial charge in [-0.05, 0) is 36.1 Å². The molecule has 1 aliphatic heterocycles. The van der Waals surface area contributed by atoms with Gasteiger partial charge in [0.05, 0.1) is 19.3 Å². The molecule has 0 unspecified atom stereocenters. The molecule has 22 heavy (non-hydrogen) atoms. The highest BCUT2D eigenvalue weighted by Crippen LogP contribution is 2.31. The number of aldehydes is 1. The van der Waals surface area contributed by atoms with Crippen molar-refractivity contribution in [3.8, 4) is 11.1 Å². The molecule has 0 N–H and O–H groups in total. The third-order valence-corrected chi connectivity index (χ3v) is 4.04. The van der Waals surface area contributed by atoms with Crippen molar-refractivity contribution in [3.05, 3.63) is 59.2 Å². The summed E-state index contributed by atoms with van der Waals surface area (Å²) in [5, 5.41) is 0. The fourth-order valence-corrected chi connectivity index (χ4v) is 2.60. The SMILES string of the molecule is Cc1cc(-c2ccccc2[C@@H](C)OC[C@H]2CO2)ccc1C=O. The molecule has 3 heteroatoms. The topological polar surface area (TPSA) is 38.8 Å². The van der Waals surface area contributed by atoms with Crippen molar-refractivity contribution < 1.29 is 14.3 Å². The lowest BCUT2D eigenvalue weighted by atomic mass is 9.94. The normalized spacial score (nSPS) is 18.0. The van der Waals surface area contributed by atoms with Gasteiger partial charge in [-0.1, -0.05) is 42.5 Å². The lowest BCUT2D eigenvalue weighted by Crippen LogP contribution is -2.07. The van der Waals surface area contributed by atoms with Gasteiger partial charge in [0.2, 0.25) is 0 Å². The third-order valence-electron chi connectivity index (χ3n) is 4.04. The molecule has 0 aromatic heterocycles. The van der Waals surface area contributed by atoms with Crippen molar-refractivity contribution in [2.45, 2.75) is 26.1 Å². The van der Waals surface area contributed by atoms with Crippen LogP contribution in [0.15, 0.2) is 42.5 Å². The molecular weight excluding hydrogens is 276 g/mol. The van der Waals surface area contributed by atoms with Crippen molar-refractivity contribution in [3.63, 3.8) is 0 Å². The molecule has 1 fully saturated rings. The van der Waals surface area contributed by atoms with Crippen molar-refractivity contribution in [1.29, 1.82) is 0 Å². The first kappa shape index (κ1) is 14.9. The summed E-state index contributed by atoms with van der Waals surface area (Å²) in [6, 6.07) is 14.2. The van der Waals surface area contributed by atoms with Crippen LogP contribution in [0, 0.1) is 6.92 Å². The number of carbonyl (C=O) groups is 1. The van der Waals surface area contributed by atoms with Gasteiger partial charge in [-0.3, -0.25) is 4.79 Å². The fraction of sp³-hybridized carbons (Fsp3) is 0.316. The van der Waals surface area contributed by atoms with E-state index in [9.17, 15) is 4.79 Å². The lowest BCUT2D eigenvalue weighted by Gasteiger charge is -2.17. The molecule has 2 atom stereocenters. The first-order valence-corrected chi connectivity index (χ1v) is 7.57. The maximum Gasteiger partial charge on any atom is 0.150 e. The summed E-state index contributed by atoms with van der Waals surface area (Å²) >= 11 is 0. The van der Waals surface area contributed by atoms with Crippen LogP contribution in [0.25, 0.3) is 11.1 Å². The van der Waals surface area contributed by atoms with Gasteiger partial charge >= 0.3 is 0 Å². The molecule has 0 spiro atoms. The van der Waals surface area contributed by atoms with Crippen LogP contribution in [-0.4, -0.2) is 25.6 Å². The highest BCUT2D eigenvalue weighted by Gasteiger charge is 2.24. The molecule has 1 heterocycles. The molecule has 3 nitrogen and oxygen atoms in total. The van der Waals surface area contributed by atoms with Crippen LogP contribution < -0.4 is 0 Å². The molecule has 0 amide bonds. The largest absolute Gasteiger partial charge is 0.371 e. The second-order valence-corrected chi connectivity index (χ2v) is 5.71. The van der Waals surface area contributed by atoms with Gasteiger partial charge in [-0.25, -0.2) is 0 Å². The molecule has 0 bridgehead atoms. The van der Waals surface area contributed by atoms with Crippen molar-refractivity contribution in [2.75, 3.05) is 13.2 Å². The predicted molar refractivity (Wildman–Crippen MR) is 86.1 cm³/mol. The second kappa shape index (κ2) is 6.42. The molecule has 114 valence electrons. The van der Waals surface area contributed by atoms with E-state index in [1.165, 1.54) is 0 Å². The molecule has 1 aliphatic rings. The van der Waals surface area contributed by atoms with Crippen LogP contribution in [-0.2, 0) is 9.47 Å². The van der Waals surface area contributed by atoms with Gasteiger partial charge in [0.25, 0.3) is 0 Å². The number of benzene rings is 2. The van der Waals surface area contributed by atoms with E-state index in [0.717, 1.165) is 40.7 Å². The van der Waals surface area contributed by atoms with Crippen molar-refractivity contribution in [1.82, 2.24) is 0 Å². The van der Waals surface area contributed by atoms with Crippen LogP contribution in [0.2, 0.25) is 0 Å². The van der Waals surface area contributed by atoms with Gasteiger partial charge in [-0.2, -0.15) is 0 Å². The Morgan fingerprint density at radius 3 is 2.77 bits per heavy atom. The summed E-state index contributed by atoms with van der Waals surface area (Å²) < 4.78 is 11.1. The Bertz CT molecular complexity index is 674. The maximum absolute atomic E-state index is 11.0. The van der Waals surface area contributed by atoms with E-state index in [0.29, 0.717) is 6.61 Å². The van der Waals surface area contributed by atoms with Crippen molar-refractivity contribution >= 4 is 6.29 Å². The quantitative estimate of drug-likeness (QED) is 0.598. The van der Waals surface area contributed by atoms with Crippen molar-refractivity contribution in [2.24, 2.45) is 0 Å². The third kappa shape index (κ3) is 3.26. The minimum atomic E-state index is 0.00598. The molecule has 0 aliphatic carbocycles. The Kier molecular flexibility index (Phi) is 4.36. The average molecular weight is 296 g/mol. The molecule has 2 aromatic rings. The van der Waals surface area contributed by atoms with Crippen LogP contribution in [0.1, 0.15) is 34.5 Å². The zero-order valence-corrected chi connectivity index (χ0v) is 12.9. The highest BCUT2D eigenvalue weighted by molar-refractivity contribution is 5.80. The van der Waals surface area contributed by atoms with E-state index >= 15 is 0 Å². The maximum atomic E-state index is 11.0. The van der Waals surface area contributed by atoms with E-state index in [2.05, 4.69) is 25.1 Å². The smallest absolute Gasteiger partial charge is 0.150 e. The summed E-state index contributed by atoms with van der Waals surface area (Å²) in [5.41, 5.74) is 5.13. The van der Waals surface area contributed by atoms with E-state index in [1.54, 1.807) is 0 Å². The number of hydrogen-bond donors (Lipinski definition) is 0. The molecule has 3 rings (SSSR count). The summed E-state index contributed by atoms with van der Waals surface area (Å²) in [4.78, 5) is 11.0. The van der Waals surface area contributed by atoms with Gasteiger partial charge in [-0.15, -0.1) is 0 Å². The molecular formula is C19H20O3. The standard InChI is InChI=1S/C19H20O3/c1-13-9-15(7-8-16(13)10-20)19-6-4-3-5-18(19)14(2)21-11-17-12-22-17/h3-10,14,17H,11-12H2,1-2H3/t14-,17+/m1/s1. The Balaban J connectivity index is 1.89. The van der Waals surface area contributed by atoms with E-state index < -0.39 is 0 Å². The number of ether oxygens (including phenoxy) is 2. The molecule has 0 saturated carbocycles. The minimum absolute atomic E-state index is 0.00598. The first-order chi connectivity index (χ1) is 10.7. The van der Waals surface area contributed by atoms with E-state index in [-0.39, 0.29) is 12.2 Å². The Hall–Kier alpha value is -1.97. The number of epoxide rings is 1. The Labute approximate surface area is 130 Å². The van der Waals surface area contributed by atoms with Gasteiger partial charge in [0.15, 0.2) is 0 Å². The van der Waals surface area contributed by atoms with Gasteiger partial charge in [0, 0.05) is 5.56 Å². The van der Waals surface area contributed by atoms with Gasteiger partial charge in [0.1, 0.15) is 12.4 Å². The van der Waals surface area contributed by atoms with Crippen LogP contribution in [0.4, 0.5) is 0 Å². The number of rotatable bonds is 6. The summed E-state index contributed by atoms with van der Waals surface area (Å²) in [5.74, 6) is 0. The number of carbonyl (C=O) groups excluding carboxylic acids is 1. The second-order valence-electron chi connectivity index (χ2n) is 5.71. The fourth-order valence-electron chi connectivity index (χ4n) is 2.60. The van der Waals surface area contributed by atoms with Crippen LogP contribution in [0.3, 0.4) is 0 Å². The number of hydrogen-bond acceptors (Lipinski definition) is 3. The monoisotopic (exact) mass is 296 g/mol. The van der Waals surface area contributed by atoms with E-state index in [1.807, 2.05) is 31.2 Å². The zero-order valence-electron chi connectivity index (χ0n) is 12.9. The number of aryl methyl sites for hydroxylation is 1. The van der Waals surface area contributed by atoms with Gasteiger partial charge < -0.3 is 9.47 Å². The lowest BCUT2D eigenvalue weighted by molar-refractivity contribution is 0.0543. The summed E-state index contributed by atoms with van der Waals surface area (Å²) in [6.07, 6.45) is 1.17. The van der Waals surface area contributed by atoms with Crippen LogP contribution >= 0.6 is 0 Å². The zero-order chi connectivity index (χ0) is 15.5. The van der Waals surface area contributed by atoms with Crippen LogP contribution in [0.5, 0.6) is 0 Å².